The summed E-state index contributed by atoms with van der Waals surface area (Å²) in [5.74, 6) is -6.14. The van der Waals surface area contributed by atoms with Gasteiger partial charge in [0.25, 0.3) is 5.91 Å². The number of alkyl halides is 6. The summed E-state index contributed by atoms with van der Waals surface area (Å²) in [4.78, 5) is 59.7. The van der Waals surface area contributed by atoms with Gasteiger partial charge in [-0.05, 0) is 60.6 Å². The molecule has 3 aromatic heterocycles. The summed E-state index contributed by atoms with van der Waals surface area (Å²) in [5, 5.41) is 19.9. The summed E-state index contributed by atoms with van der Waals surface area (Å²) in [6.45, 7) is 1.10. The SMILES string of the molecule is O=C(C(=O)C(F)(F)F)C(F)(F)F.O=C(C[C@H]1CCN(C(=O)c2cn[nH]n2)C1)Nc1ccc2cc1CCc1cncc(c1)Nc1ncc(Cl)c(n1)N2. The highest BCUT2D eigenvalue weighted by molar-refractivity contribution is 6.41. The van der Waals surface area contributed by atoms with Crippen molar-refractivity contribution in [3.8, 4) is 0 Å². The van der Waals surface area contributed by atoms with Gasteiger partial charge < -0.3 is 20.9 Å². The van der Waals surface area contributed by atoms with Gasteiger partial charge >= 0.3 is 23.9 Å². The van der Waals surface area contributed by atoms with E-state index in [1.807, 2.05) is 30.5 Å². The van der Waals surface area contributed by atoms with Crippen molar-refractivity contribution < 1.29 is 45.5 Å². The summed E-state index contributed by atoms with van der Waals surface area (Å²) >= 11 is 6.36. The maximum Gasteiger partial charge on any atom is 0.458 e. The summed E-state index contributed by atoms with van der Waals surface area (Å²) in [7, 11) is 0. The van der Waals surface area contributed by atoms with E-state index in [4.69, 9.17) is 11.6 Å². The number of benzene rings is 1. The number of carbonyl (C=O) groups is 4. The second kappa shape index (κ2) is 15.1. The number of nitrogens with one attached hydrogen (secondary N) is 4. The van der Waals surface area contributed by atoms with Gasteiger partial charge in [0, 0.05) is 37.1 Å². The summed E-state index contributed by atoms with van der Waals surface area (Å²) in [5.41, 5.74) is 4.58. The first-order valence-corrected chi connectivity index (χ1v) is 15.3. The average molecular weight is 739 g/mol. The van der Waals surface area contributed by atoms with Crippen LogP contribution in [0.15, 0.2) is 49.1 Å². The van der Waals surface area contributed by atoms with E-state index >= 15 is 0 Å². The quantitative estimate of drug-likeness (QED) is 0.160. The van der Waals surface area contributed by atoms with Gasteiger partial charge in [-0.1, -0.05) is 11.6 Å². The molecule has 0 aliphatic carbocycles. The number of likely N-dealkylation sites (tertiary alicyclic amines) is 1. The predicted octanol–water partition coefficient (Wildman–Crippen LogP) is 4.97. The second-order valence-electron chi connectivity index (χ2n) is 11.3. The monoisotopic (exact) mass is 738 g/mol. The predicted molar refractivity (Wildman–Crippen MR) is 167 cm³/mol. The molecule has 6 bridgehead atoms. The molecule has 2 amide bonds. The van der Waals surface area contributed by atoms with E-state index < -0.39 is 23.9 Å². The van der Waals surface area contributed by atoms with Crippen molar-refractivity contribution in [2.24, 2.45) is 5.92 Å². The topological polar surface area (TPSA) is 188 Å². The number of aryl methyl sites for hydroxylation is 2. The first kappa shape index (κ1) is 36.6. The lowest BCUT2D eigenvalue weighted by atomic mass is 10.0. The first-order valence-electron chi connectivity index (χ1n) is 14.9. The van der Waals surface area contributed by atoms with Crippen molar-refractivity contribution in [3.05, 3.63) is 70.9 Å². The smallest absolute Gasteiger partial charge is 0.339 e. The number of carbonyl (C=O) groups excluding carboxylic acids is 4. The molecule has 268 valence electrons. The number of amides is 2. The maximum absolute atomic E-state index is 13.1. The molecule has 51 heavy (non-hydrogen) atoms. The molecule has 2 aliphatic heterocycles. The minimum atomic E-state index is -5.77. The number of H-pyrrole nitrogens is 1. The van der Waals surface area contributed by atoms with E-state index in [2.05, 4.69) is 46.3 Å². The molecule has 4 aromatic rings. The number of rotatable bonds is 5. The summed E-state index contributed by atoms with van der Waals surface area (Å²) in [6, 6.07) is 7.75. The Balaban J connectivity index is 0.000000362. The zero-order valence-electron chi connectivity index (χ0n) is 25.9. The van der Waals surface area contributed by atoms with E-state index in [0.29, 0.717) is 42.7 Å². The molecule has 6 rings (SSSR count). The largest absolute Gasteiger partial charge is 0.458 e. The van der Waals surface area contributed by atoms with Crippen LogP contribution in [-0.2, 0) is 27.2 Å². The van der Waals surface area contributed by atoms with Gasteiger partial charge in [-0.25, -0.2) is 4.98 Å². The van der Waals surface area contributed by atoms with Gasteiger partial charge in [-0.3, -0.25) is 24.2 Å². The number of fused-ring (bicyclic) bond motifs is 6. The van der Waals surface area contributed by atoms with E-state index in [1.54, 1.807) is 11.1 Å². The highest BCUT2D eigenvalue weighted by Crippen LogP contribution is 2.30. The lowest BCUT2D eigenvalue weighted by Crippen LogP contribution is -2.39. The summed E-state index contributed by atoms with van der Waals surface area (Å²) in [6.07, 6.45) is -2.59. The van der Waals surface area contributed by atoms with Crippen LogP contribution < -0.4 is 16.0 Å². The van der Waals surface area contributed by atoms with Gasteiger partial charge in [0.1, 0.15) is 5.02 Å². The van der Waals surface area contributed by atoms with E-state index in [0.717, 1.165) is 41.0 Å². The Hall–Kier alpha value is -5.66. The van der Waals surface area contributed by atoms with Crippen LogP contribution in [0, 0.1) is 5.92 Å². The number of anilines is 5. The molecule has 2 aliphatic rings. The van der Waals surface area contributed by atoms with Crippen molar-refractivity contribution in [2.45, 2.75) is 38.0 Å². The number of aromatic amines is 1. The molecule has 14 nitrogen and oxygen atoms in total. The van der Waals surface area contributed by atoms with Crippen molar-refractivity contribution in [2.75, 3.05) is 29.0 Å². The molecule has 1 fully saturated rings. The molecular weight excluding hydrogens is 714 g/mol. The third-order valence-electron chi connectivity index (χ3n) is 7.52. The van der Waals surface area contributed by atoms with Gasteiger partial charge in [0.2, 0.25) is 11.9 Å². The fourth-order valence-corrected chi connectivity index (χ4v) is 5.26. The minimum absolute atomic E-state index is 0.0715. The molecule has 0 saturated carbocycles. The standard InChI is InChI=1S/C26H25ClN10O2.C4F6O2/c27-20-12-29-26-32-19-7-15(10-28-11-19)1-2-17-9-18(31-24(20)34-26)3-4-21(17)33-23(38)8-16-5-6-37(14-16)25(39)22-13-30-36-35-22;5-3(6,7)1(11)2(12)4(8,9)10/h3-4,7,9-13,16H,1-2,5-6,8,14H2,(H,33,38)(H,30,35,36)(H2,29,31,32,34);/t16-;/m1./s1. The lowest BCUT2D eigenvalue weighted by molar-refractivity contribution is -0.193. The van der Waals surface area contributed by atoms with Gasteiger partial charge in [-0.15, -0.1) is 0 Å². The van der Waals surface area contributed by atoms with E-state index in [9.17, 15) is 45.5 Å². The van der Waals surface area contributed by atoms with Crippen LogP contribution in [0.2, 0.25) is 5.02 Å². The molecule has 5 heterocycles. The fraction of sp³-hybridized carbons (Fsp3) is 0.300. The number of hydrogen-bond acceptors (Lipinski definition) is 11. The van der Waals surface area contributed by atoms with Crippen LogP contribution in [-0.4, -0.2) is 84.1 Å². The van der Waals surface area contributed by atoms with Crippen molar-refractivity contribution >= 4 is 63.8 Å². The number of nitrogens with zero attached hydrogens (tertiary/aromatic N) is 6. The van der Waals surface area contributed by atoms with Gasteiger partial charge in [0.05, 0.1) is 24.3 Å². The van der Waals surface area contributed by atoms with Crippen LogP contribution in [0.4, 0.5) is 55.2 Å². The minimum Gasteiger partial charge on any atom is -0.339 e. The number of Topliss-reactive ketones (excluding diaryl/α,β-unsaturated/α-hetero) is 2. The molecule has 0 unspecified atom stereocenters. The van der Waals surface area contributed by atoms with Crippen LogP contribution >= 0.6 is 11.6 Å². The molecule has 1 aromatic carbocycles. The lowest BCUT2D eigenvalue weighted by Gasteiger charge is -2.16. The third kappa shape index (κ3) is 9.53. The van der Waals surface area contributed by atoms with Crippen LogP contribution in [0.5, 0.6) is 0 Å². The zero-order valence-corrected chi connectivity index (χ0v) is 26.7. The van der Waals surface area contributed by atoms with Crippen LogP contribution in [0.3, 0.4) is 0 Å². The van der Waals surface area contributed by atoms with Crippen LogP contribution in [0.25, 0.3) is 0 Å². The molecular formula is C30H25ClF6N10O4. The van der Waals surface area contributed by atoms with E-state index in [1.165, 1.54) is 12.4 Å². The first-order chi connectivity index (χ1) is 24.1. The van der Waals surface area contributed by atoms with E-state index in [-0.39, 0.29) is 23.4 Å². The Morgan fingerprint density at radius 3 is 2.35 bits per heavy atom. The van der Waals surface area contributed by atoms with Crippen molar-refractivity contribution in [3.63, 3.8) is 0 Å². The molecule has 4 N–H and O–H groups in total. The number of halogens is 7. The number of hydrogen-bond donors (Lipinski definition) is 4. The number of pyridine rings is 1. The Morgan fingerprint density at radius 2 is 1.67 bits per heavy atom. The Labute approximate surface area is 288 Å². The third-order valence-corrected chi connectivity index (χ3v) is 7.80. The molecule has 21 heteroatoms. The highest BCUT2D eigenvalue weighted by Gasteiger charge is 2.54. The fourth-order valence-electron chi connectivity index (χ4n) is 5.12. The van der Waals surface area contributed by atoms with Gasteiger partial charge in [-0.2, -0.15) is 46.7 Å². The Morgan fingerprint density at radius 1 is 0.922 bits per heavy atom. The van der Waals surface area contributed by atoms with Crippen LogP contribution in [0.1, 0.15) is 34.5 Å². The zero-order chi connectivity index (χ0) is 36.9. The Kier molecular flexibility index (Phi) is 10.8. The molecule has 0 radical (unpaired) electrons. The maximum atomic E-state index is 13.1. The normalized spacial score (nSPS) is 15.4. The van der Waals surface area contributed by atoms with Crippen molar-refractivity contribution in [1.82, 2.24) is 35.3 Å². The molecule has 1 atom stereocenters. The number of aromatic nitrogens is 6. The average Bonchev–Trinajstić information content (AvgIpc) is 3.78. The molecule has 1 saturated heterocycles. The number of ketones is 2. The second-order valence-corrected chi connectivity index (χ2v) is 11.7. The molecule has 0 spiro atoms. The van der Waals surface area contributed by atoms with Crippen molar-refractivity contribution in [1.29, 1.82) is 0 Å². The Bertz CT molecular complexity index is 1920. The summed E-state index contributed by atoms with van der Waals surface area (Å²) < 4.78 is 67.0. The highest BCUT2D eigenvalue weighted by atomic mass is 35.5. The van der Waals surface area contributed by atoms with Gasteiger partial charge in [0.15, 0.2) is 11.5 Å².